The molecule has 0 amide bonds. The lowest BCUT2D eigenvalue weighted by Gasteiger charge is -2.29. The van der Waals surface area contributed by atoms with Crippen LogP contribution in [0.4, 0.5) is 8.78 Å². The second-order valence-electron chi connectivity index (χ2n) is 7.78. The summed E-state index contributed by atoms with van der Waals surface area (Å²) in [6.07, 6.45) is 6.88. The van der Waals surface area contributed by atoms with Crippen molar-refractivity contribution in [3.05, 3.63) is 71.3 Å². The normalized spacial score (nSPS) is 19.6. The molecule has 0 spiro atoms. The number of hydrogen-bond donors (Lipinski definition) is 0. The molecule has 150 valence electrons. The molecule has 0 heterocycles. The van der Waals surface area contributed by atoms with Crippen LogP contribution in [0.5, 0.6) is 0 Å². The first-order valence-corrected chi connectivity index (χ1v) is 10.3. The monoisotopic (exact) mass is 386 g/mol. The molecular weight excluding hydrogens is 358 g/mol. The SMILES string of the molecule is CCCCC1CCC(C(=O)OC(c2ccc(F)cc2)c2ccc(F)cc2)CC1. The highest BCUT2D eigenvalue weighted by molar-refractivity contribution is 5.73. The Labute approximate surface area is 165 Å². The van der Waals surface area contributed by atoms with E-state index in [0.717, 1.165) is 25.7 Å². The lowest BCUT2D eigenvalue weighted by atomic mass is 9.80. The van der Waals surface area contributed by atoms with Crippen molar-refractivity contribution in [1.82, 2.24) is 0 Å². The molecule has 0 aromatic heterocycles. The van der Waals surface area contributed by atoms with E-state index in [1.807, 2.05) is 0 Å². The second kappa shape index (κ2) is 9.81. The molecule has 2 aromatic carbocycles. The largest absolute Gasteiger partial charge is 0.452 e. The van der Waals surface area contributed by atoms with Gasteiger partial charge in [0.1, 0.15) is 11.6 Å². The fourth-order valence-electron chi connectivity index (χ4n) is 4.00. The molecule has 3 rings (SSSR count). The van der Waals surface area contributed by atoms with E-state index in [-0.39, 0.29) is 23.5 Å². The summed E-state index contributed by atoms with van der Waals surface area (Å²) in [5.74, 6) is -0.292. The molecule has 1 aliphatic rings. The number of halogens is 2. The predicted octanol–water partition coefficient (Wildman–Crippen LogP) is 6.59. The molecule has 2 nitrogen and oxygen atoms in total. The van der Waals surface area contributed by atoms with E-state index in [0.29, 0.717) is 17.0 Å². The van der Waals surface area contributed by atoms with Gasteiger partial charge in [-0.1, -0.05) is 50.5 Å². The van der Waals surface area contributed by atoms with Crippen molar-refractivity contribution in [3.8, 4) is 0 Å². The van der Waals surface area contributed by atoms with Crippen LogP contribution in [0.25, 0.3) is 0 Å². The Balaban J connectivity index is 1.70. The van der Waals surface area contributed by atoms with Gasteiger partial charge in [0.2, 0.25) is 0 Å². The number of carbonyl (C=O) groups excluding carboxylic acids is 1. The zero-order chi connectivity index (χ0) is 19.9. The summed E-state index contributed by atoms with van der Waals surface area (Å²) < 4.78 is 32.5. The van der Waals surface area contributed by atoms with Crippen LogP contribution in [-0.4, -0.2) is 5.97 Å². The highest BCUT2D eigenvalue weighted by atomic mass is 19.1. The zero-order valence-corrected chi connectivity index (χ0v) is 16.4. The molecule has 0 bridgehead atoms. The van der Waals surface area contributed by atoms with Gasteiger partial charge in [0.05, 0.1) is 5.92 Å². The van der Waals surface area contributed by atoms with Crippen LogP contribution < -0.4 is 0 Å². The molecule has 0 unspecified atom stereocenters. The average molecular weight is 386 g/mol. The third-order valence-corrected chi connectivity index (χ3v) is 5.73. The Morgan fingerprint density at radius 3 is 1.89 bits per heavy atom. The maximum absolute atomic E-state index is 13.3. The minimum absolute atomic E-state index is 0.0960. The van der Waals surface area contributed by atoms with Gasteiger partial charge in [-0.05, 0) is 67.0 Å². The number of unbranched alkanes of at least 4 members (excludes halogenated alkanes) is 1. The lowest BCUT2D eigenvalue weighted by Crippen LogP contribution is -2.25. The number of carbonyl (C=O) groups is 1. The van der Waals surface area contributed by atoms with Crippen LogP contribution in [0.15, 0.2) is 48.5 Å². The molecule has 0 aliphatic heterocycles. The van der Waals surface area contributed by atoms with Crippen LogP contribution in [0, 0.1) is 23.5 Å². The Kier molecular flexibility index (Phi) is 7.18. The number of ether oxygens (including phenoxy) is 1. The third-order valence-electron chi connectivity index (χ3n) is 5.73. The van der Waals surface area contributed by atoms with Gasteiger partial charge in [-0.25, -0.2) is 8.78 Å². The van der Waals surface area contributed by atoms with Gasteiger partial charge < -0.3 is 4.74 Å². The first kappa shape index (κ1) is 20.5. The molecule has 0 atom stereocenters. The van der Waals surface area contributed by atoms with Crippen molar-refractivity contribution in [2.45, 2.75) is 58.0 Å². The summed E-state index contributed by atoms with van der Waals surface area (Å²) in [7, 11) is 0. The van der Waals surface area contributed by atoms with Crippen molar-refractivity contribution in [1.29, 1.82) is 0 Å². The molecule has 0 saturated heterocycles. The Bertz CT molecular complexity index is 702. The van der Waals surface area contributed by atoms with Gasteiger partial charge in [-0.15, -0.1) is 0 Å². The molecule has 4 heteroatoms. The first-order valence-electron chi connectivity index (χ1n) is 10.3. The Hall–Kier alpha value is -2.23. The topological polar surface area (TPSA) is 26.3 Å². The third kappa shape index (κ3) is 5.40. The molecule has 1 aliphatic carbocycles. The number of rotatable bonds is 7. The molecule has 28 heavy (non-hydrogen) atoms. The van der Waals surface area contributed by atoms with E-state index in [4.69, 9.17) is 4.74 Å². The van der Waals surface area contributed by atoms with Crippen LogP contribution in [0.1, 0.15) is 69.1 Å². The fourth-order valence-corrected chi connectivity index (χ4v) is 4.00. The standard InChI is InChI=1S/C24H28F2O2/c1-2-3-4-17-5-7-20(8-6-17)24(27)28-23(18-9-13-21(25)14-10-18)19-11-15-22(26)16-12-19/h9-17,20,23H,2-8H2,1H3. The number of benzene rings is 2. The maximum Gasteiger partial charge on any atom is 0.309 e. The summed E-state index contributed by atoms with van der Waals surface area (Å²) in [6.45, 7) is 2.20. The summed E-state index contributed by atoms with van der Waals surface area (Å²) >= 11 is 0. The van der Waals surface area contributed by atoms with Gasteiger partial charge in [0.15, 0.2) is 6.10 Å². The first-order chi connectivity index (χ1) is 13.6. The lowest BCUT2D eigenvalue weighted by molar-refractivity contribution is -0.154. The molecule has 0 radical (unpaired) electrons. The Morgan fingerprint density at radius 2 is 1.43 bits per heavy atom. The van der Waals surface area contributed by atoms with Crippen molar-refractivity contribution < 1.29 is 18.3 Å². The predicted molar refractivity (Wildman–Crippen MR) is 106 cm³/mol. The van der Waals surface area contributed by atoms with Gasteiger partial charge in [0.25, 0.3) is 0 Å². The average Bonchev–Trinajstić information content (AvgIpc) is 2.72. The van der Waals surface area contributed by atoms with E-state index in [1.54, 1.807) is 24.3 Å². The van der Waals surface area contributed by atoms with Crippen molar-refractivity contribution in [2.75, 3.05) is 0 Å². The van der Waals surface area contributed by atoms with Gasteiger partial charge in [-0.2, -0.15) is 0 Å². The van der Waals surface area contributed by atoms with E-state index in [2.05, 4.69) is 6.92 Å². The van der Waals surface area contributed by atoms with Crippen molar-refractivity contribution in [2.24, 2.45) is 11.8 Å². The van der Waals surface area contributed by atoms with Crippen LogP contribution in [0.2, 0.25) is 0 Å². The molecule has 1 fully saturated rings. The van der Waals surface area contributed by atoms with Gasteiger partial charge >= 0.3 is 5.97 Å². The molecular formula is C24H28F2O2. The maximum atomic E-state index is 13.3. The van der Waals surface area contributed by atoms with Gasteiger partial charge in [0, 0.05) is 0 Å². The number of hydrogen-bond acceptors (Lipinski definition) is 2. The van der Waals surface area contributed by atoms with E-state index < -0.39 is 6.10 Å². The minimum atomic E-state index is -0.661. The van der Waals surface area contributed by atoms with E-state index in [1.165, 1.54) is 43.5 Å². The minimum Gasteiger partial charge on any atom is -0.452 e. The summed E-state index contributed by atoms with van der Waals surface area (Å²) in [4.78, 5) is 12.8. The quantitative estimate of drug-likeness (QED) is 0.502. The fraction of sp³-hybridized carbons (Fsp3) is 0.458. The van der Waals surface area contributed by atoms with Gasteiger partial charge in [-0.3, -0.25) is 4.79 Å². The highest BCUT2D eigenvalue weighted by Gasteiger charge is 2.29. The van der Waals surface area contributed by atoms with Crippen molar-refractivity contribution >= 4 is 5.97 Å². The smallest absolute Gasteiger partial charge is 0.309 e. The summed E-state index contributed by atoms with van der Waals surface area (Å²) in [5, 5.41) is 0. The number of esters is 1. The summed E-state index contributed by atoms with van der Waals surface area (Å²) in [5.41, 5.74) is 1.36. The highest BCUT2D eigenvalue weighted by Crippen LogP contribution is 2.35. The molecule has 1 saturated carbocycles. The van der Waals surface area contributed by atoms with Crippen LogP contribution in [-0.2, 0) is 9.53 Å². The molecule has 2 aromatic rings. The van der Waals surface area contributed by atoms with Crippen LogP contribution >= 0.6 is 0 Å². The zero-order valence-electron chi connectivity index (χ0n) is 16.4. The van der Waals surface area contributed by atoms with Crippen molar-refractivity contribution in [3.63, 3.8) is 0 Å². The molecule has 0 N–H and O–H groups in total. The second-order valence-corrected chi connectivity index (χ2v) is 7.78. The van der Waals surface area contributed by atoms with E-state index in [9.17, 15) is 13.6 Å². The van der Waals surface area contributed by atoms with E-state index >= 15 is 0 Å². The summed E-state index contributed by atoms with van der Waals surface area (Å²) in [6, 6.07) is 11.8. The van der Waals surface area contributed by atoms with Crippen LogP contribution in [0.3, 0.4) is 0 Å². The Morgan fingerprint density at radius 1 is 0.929 bits per heavy atom.